The summed E-state index contributed by atoms with van der Waals surface area (Å²) in [4.78, 5) is 1.69. The van der Waals surface area contributed by atoms with Crippen LogP contribution >= 0.6 is 15.9 Å². The van der Waals surface area contributed by atoms with E-state index in [1.807, 2.05) is 0 Å². The first-order valence-corrected chi connectivity index (χ1v) is 7.48. The summed E-state index contributed by atoms with van der Waals surface area (Å²) in [6, 6.07) is 4.35. The number of nitrogens with zero attached hydrogens (tertiary/aromatic N) is 1. The van der Waals surface area contributed by atoms with E-state index in [0.29, 0.717) is 11.0 Å². The van der Waals surface area contributed by atoms with Crippen molar-refractivity contribution in [3.05, 3.63) is 28.2 Å². The number of halogens is 4. The quantitative estimate of drug-likeness (QED) is 0.884. The summed E-state index contributed by atoms with van der Waals surface area (Å²) in [6.07, 6.45) is -1.04. The number of piperidine rings is 1. The van der Waals surface area contributed by atoms with Crippen LogP contribution in [0.4, 0.5) is 18.9 Å². The number of alkyl halides is 3. The number of hydrogen-bond acceptors (Lipinski definition) is 2. The van der Waals surface area contributed by atoms with Crippen molar-refractivity contribution in [1.29, 1.82) is 0 Å². The molecule has 1 heterocycles. The Morgan fingerprint density at radius 1 is 1.35 bits per heavy atom. The third-order valence-corrected chi connectivity index (χ3v) is 4.08. The van der Waals surface area contributed by atoms with E-state index in [1.54, 1.807) is 11.9 Å². The molecule has 20 heavy (non-hydrogen) atoms. The molecule has 0 aromatic heterocycles. The summed E-state index contributed by atoms with van der Waals surface area (Å²) in [5.74, 6) is 0. The zero-order chi connectivity index (χ0) is 14.8. The molecule has 1 atom stereocenters. The van der Waals surface area contributed by atoms with Crippen LogP contribution < -0.4 is 10.2 Å². The highest BCUT2D eigenvalue weighted by atomic mass is 79.9. The lowest BCUT2D eigenvalue weighted by molar-refractivity contribution is -0.137. The maximum Gasteiger partial charge on any atom is 0.418 e. The SMILES string of the molecule is CN(CC1CCCCN1)c1cc(Br)ccc1C(F)(F)F. The van der Waals surface area contributed by atoms with Gasteiger partial charge in [-0.1, -0.05) is 22.4 Å². The van der Waals surface area contributed by atoms with Gasteiger partial charge in [0.1, 0.15) is 0 Å². The molecule has 0 saturated carbocycles. The van der Waals surface area contributed by atoms with Gasteiger partial charge in [0.15, 0.2) is 0 Å². The third kappa shape index (κ3) is 3.88. The summed E-state index contributed by atoms with van der Waals surface area (Å²) in [5, 5.41) is 3.36. The highest BCUT2D eigenvalue weighted by molar-refractivity contribution is 9.10. The van der Waals surface area contributed by atoms with Gasteiger partial charge in [0.2, 0.25) is 0 Å². The lowest BCUT2D eigenvalue weighted by atomic mass is 10.0. The first-order chi connectivity index (χ1) is 9.38. The Balaban J connectivity index is 2.19. The van der Waals surface area contributed by atoms with Gasteiger partial charge in [0, 0.05) is 29.8 Å². The fourth-order valence-electron chi connectivity index (χ4n) is 2.57. The predicted molar refractivity (Wildman–Crippen MR) is 78.1 cm³/mol. The Kier molecular flexibility index (Phi) is 4.96. The minimum absolute atomic E-state index is 0.222. The van der Waals surface area contributed by atoms with Crippen molar-refractivity contribution in [2.75, 3.05) is 25.0 Å². The van der Waals surface area contributed by atoms with Crippen LogP contribution in [0.3, 0.4) is 0 Å². The second-order valence-electron chi connectivity index (χ2n) is 5.19. The fraction of sp³-hybridized carbons (Fsp3) is 0.571. The van der Waals surface area contributed by atoms with Crippen LogP contribution in [-0.2, 0) is 6.18 Å². The molecule has 6 heteroatoms. The molecule has 112 valence electrons. The summed E-state index contributed by atoms with van der Waals surface area (Å²) < 4.78 is 39.8. The van der Waals surface area contributed by atoms with E-state index in [4.69, 9.17) is 0 Å². The van der Waals surface area contributed by atoms with E-state index < -0.39 is 11.7 Å². The van der Waals surface area contributed by atoms with Crippen LogP contribution in [0, 0.1) is 0 Å². The number of nitrogens with one attached hydrogen (secondary N) is 1. The Morgan fingerprint density at radius 2 is 2.10 bits per heavy atom. The van der Waals surface area contributed by atoms with Gasteiger partial charge in [-0.25, -0.2) is 0 Å². The second-order valence-corrected chi connectivity index (χ2v) is 6.10. The standard InChI is InChI=1S/C14H18BrF3N2/c1-20(9-11-4-2-3-7-19-11)13-8-10(15)5-6-12(13)14(16,17)18/h5-6,8,11,19H,2-4,7,9H2,1H3. The van der Waals surface area contributed by atoms with Crippen LogP contribution in [0.1, 0.15) is 24.8 Å². The van der Waals surface area contributed by atoms with Crippen LogP contribution in [0.2, 0.25) is 0 Å². The molecule has 1 fully saturated rings. The summed E-state index contributed by atoms with van der Waals surface area (Å²) in [7, 11) is 1.72. The minimum atomic E-state index is -4.33. The molecule has 0 amide bonds. The van der Waals surface area contributed by atoms with Crippen molar-refractivity contribution in [2.45, 2.75) is 31.5 Å². The molecule has 1 aromatic carbocycles. The second kappa shape index (κ2) is 6.35. The highest BCUT2D eigenvalue weighted by Gasteiger charge is 2.34. The van der Waals surface area contributed by atoms with Crippen molar-refractivity contribution in [2.24, 2.45) is 0 Å². The third-order valence-electron chi connectivity index (χ3n) is 3.58. The molecule has 1 unspecified atom stereocenters. The maximum atomic E-state index is 13.1. The van der Waals surface area contributed by atoms with Gasteiger partial charge in [0.05, 0.1) is 5.56 Å². The zero-order valence-electron chi connectivity index (χ0n) is 11.3. The molecule has 1 aromatic rings. The van der Waals surface area contributed by atoms with Crippen molar-refractivity contribution in [3.8, 4) is 0 Å². The van der Waals surface area contributed by atoms with Gasteiger partial charge in [-0.15, -0.1) is 0 Å². The molecule has 0 bridgehead atoms. The average molecular weight is 351 g/mol. The Morgan fingerprint density at radius 3 is 2.70 bits per heavy atom. The van der Waals surface area contributed by atoms with Crippen molar-refractivity contribution >= 4 is 21.6 Å². The van der Waals surface area contributed by atoms with Gasteiger partial charge < -0.3 is 10.2 Å². The van der Waals surface area contributed by atoms with E-state index in [-0.39, 0.29) is 11.7 Å². The van der Waals surface area contributed by atoms with E-state index in [9.17, 15) is 13.2 Å². The smallest absolute Gasteiger partial charge is 0.373 e. The van der Waals surface area contributed by atoms with Crippen molar-refractivity contribution in [1.82, 2.24) is 5.32 Å². The first-order valence-electron chi connectivity index (χ1n) is 6.69. The molecule has 2 nitrogen and oxygen atoms in total. The summed E-state index contributed by atoms with van der Waals surface area (Å²) in [6.45, 7) is 1.53. The Hall–Kier alpha value is -0.750. The average Bonchev–Trinajstić information content (AvgIpc) is 2.38. The van der Waals surface area contributed by atoms with E-state index >= 15 is 0 Å². The lowest BCUT2D eigenvalue weighted by Gasteiger charge is -2.31. The molecule has 2 rings (SSSR count). The topological polar surface area (TPSA) is 15.3 Å². The van der Waals surface area contributed by atoms with Gasteiger partial charge in [0.25, 0.3) is 0 Å². The van der Waals surface area contributed by atoms with Gasteiger partial charge in [-0.2, -0.15) is 13.2 Å². The minimum Gasteiger partial charge on any atom is -0.373 e. The fourth-order valence-corrected chi connectivity index (χ4v) is 2.92. The van der Waals surface area contributed by atoms with Gasteiger partial charge >= 0.3 is 6.18 Å². The van der Waals surface area contributed by atoms with Crippen LogP contribution in [0.5, 0.6) is 0 Å². The number of likely N-dealkylation sites (N-methyl/N-ethyl adjacent to an activating group) is 1. The molecule has 1 saturated heterocycles. The van der Waals surface area contributed by atoms with Crippen molar-refractivity contribution < 1.29 is 13.2 Å². The van der Waals surface area contributed by atoms with E-state index in [2.05, 4.69) is 21.2 Å². The summed E-state index contributed by atoms with van der Waals surface area (Å²) in [5.41, 5.74) is -0.363. The normalized spacial score (nSPS) is 19.9. The van der Waals surface area contributed by atoms with Crippen molar-refractivity contribution in [3.63, 3.8) is 0 Å². The van der Waals surface area contributed by atoms with Crippen LogP contribution in [0.15, 0.2) is 22.7 Å². The largest absolute Gasteiger partial charge is 0.418 e. The molecule has 0 radical (unpaired) electrons. The molecule has 0 spiro atoms. The maximum absolute atomic E-state index is 13.1. The Labute approximate surface area is 125 Å². The number of rotatable bonds is 3. The summed E-state index contributed by atoms with van der Waals surface area (Å²) >= 11 is 3.25. The molecule has 1 N–H and O–H groups in total. The lowest BCUT2D eigenvalue weighted by Crippen LogP contribution is -2.42. The highest BCUT2D eigenvalue weighted by Crippen LogP contribution is 2.37. The number of anilines is 1. The van der Waals surface area contributed by atoms with Crippen LogP contribution in [0.25, 0.3) is 0 Å². The van der Waals surface area contributed by atoms with Crippen LogP contribution in [-0.4, -0.2) is 26.2 Å². The molecular weight excluding hydrogens is 333 g/mol. The van der Waals surface area contributed by atoms with Gasteiger partial charge in [-0.3, -0.25) is 0 Å². The number of hydrogen-bond donors (Lipinski definition) is 1. The van der Waals surface area contributed by atoms with E-state index in [1.165, 1.54) is 12.1 Å². The number of benzene rings is 1. The molecule has 1 aliphatic rings. The molecule has 1 aliphatic heterocycles. The van der Waals surface area contributed by atoms with E-state index in [0.717, 1.165) is 31.9 Å². The zero-order valence-corrected chi connectivity index (χ0v) is 12.9. The monoisotopic (exact) mass is 350 g/mol. The molecule has 0 aliphatic carbocycles. The Bertz CT molecular complexity index is 456. The first kappa shape index (κ1) is 15.6. The van der Waals surface area contributed by atoms with Gasteiger partial charge in [-0.05, 0) is 37.6 Å². The predicted octanol–water partition coefficient (Wildman–Crippen LogP) is 4.05. The molecular formula is C14H18BrF3N2.